The van der Waals surface area contributed by atoms with Crippen LogP contribution < -0.4 is 5.32 Å². The van der Waals surface area contributed by atoms with Gasteiger partial charge in [-0.25, -0.2) is 0 Å². The summed E-state index contributed by atoms with van der Waals surface area (Å²) < 4.78 is 1.80. The van der Waals surface area contributed by atoms with Gasteiger partial charge < -0.3 is 5.32 Å². The Hall–Kier alpha value is -0.870. The highest BCUT2D eigenvalue weighted by atomic mass is 35.5. The van der Waals surface area contributed by atoms with Gasteiger partial charge in [0.25, 0.3) is 0 Å². The van der Waals surface area contributed by atoms with E-state index >= 15 is 0 Å². The van der Waals surface area contributed by atoms with Gasteiger partial charge in [0, 0.05) is 12.6 Å². The number of hydrogen-bond acceptors (Lipinski definition) is 3. The lowest BCUT2D eigenvalue weighted by Gasteiger charge is -2.10. The van der Waals surface area contributed by atoms with Crippen molar-refractivity contribution in [1.82, 2.24) is 15.1 Å². The summed E-state index contributed by atoms with van der Waals surface area (Å²) in [5.74, 6) is 0.145. The number of aromatic nitrogens is 2. The maximum Gasteiger partial charge on any atom is 0.152 e. The average Bonchev–Trinajstić information content (AvgIpc) is 2.63. The van der Waals surface area contributed by atoms with Gasteiger partial charge in [-0.05, 0) is 27.2 Å². The van der Waals surface area contributed by atoms with E-state index in [0.717, 1.165) is 24.4 Å². The summed E-state index contributed by atoms with van der Waals surface area (Å²) in [4.78, 5) is 11.9. The first kappa shape index (κ1) is 15.2. The molecule has 1 heterocycles. The van der Waals surface area contributed by atoms with Gasteiger partial charge in [0.15, 0.2) is 5.78 Å². The van der Waals surface area contributed by atoms with Gasteiger partial charge in [0.1, 0.15) is 0 Å². The fraction of sp³-hybridized carbons (Fsp3) is 0.692. The molecule has 1 atom stereocenters. The summed E-state index contributed by atoms with van der Waals surface area (Å²) in [6.07, 6.45) is 1.36. The predicted molar refractivity (Wildman–Crippen MR) is 74.1 cm³/mol. The molecule has 102 valence electrons. The van der Waals surface area contributed by atoms with E-state index in [1.807, 2.05) is 13.8 Å². The van der Waals surface area contributed by atoms with Crippen molar-refractivity contribution in [3.8, 4) is 0 Å². The van der Waals surface area contributed by atoms with Gasteiger partial charge >= 0.3 is 0 Å². The maximum atomic E-state index is 11.9. The first-order valence-corrected chi connectivity index (χ1v) is 6.84. The summed E-state index contributed by atoms with van der Waals surface area (Å²) in [6.45, 7) is 9.14. The molecule has 0 saturated heterocycles. The lowest BCUT2D eigenvalue weighted by atomic mass is 10.2. The zero-order chi connectivity index (χ0) is 13.7. The number of carbonyl (C=O) groups is 1. The van der Waals surface area contributed by atoms with Crippen LogP contribution in [0.15, 0.2) is 0 Å². The van der Waals surface area contributed by atoms with Crippen LogP contribution in [-0.2, 0) is 17.8 Å². The van der Waals surface area contributed by atoms with E-state index in [0.29, 0.717) is 24.0 Å². The molecule has 1 aromatic heterocycles. The molecule has 0 saturated carbocycles. The zero-order valence-corrected chi connectivity index (χ0v) is 12.3. The van der Waals surface area contributed by atoms with Crippen molar-refractivity contribution >= 4 is 17.4 Å². The molecule has 18 heavy (non-hydrogen) atoms. The van der Waals surface area contributed by atoms with Crippen LogP contribution in [0.3, 0.4) is 0 Å². The Labute approximate surface area is 114 Å². The van der Waals surface area contributed by atoms with E-state index in [1.165, 1.54) is 0 Å². The lowest BCUT2D eigenvalue weighted by molar-refractivity contribution is -0.117. The number of nitrogens with one attached hydrogen (secondary N) is 1. The third-order valence-electron chi connectivity index (χ3n) is 3.08. The van der Waals surface area contributed by atoms with E-state index in [9.17, 15) is 4.79 Å². The van der Waals surface area contributed by atoms with Crippen LogP contribution in [0.25, 0.3) is 0 Å². The molecule has 0 aromatic carbocycles. The van der Waals surface area contributed by atoms with Gasteiger partial charge in [-0.15, -0.1) is 0 Å². The smallest absolute Gasteiger partial charge is 0.152 e. The van der Waals surface area contributed by atoms with Crippen LogP contribution in [-0.4, -0.2) is 28.2 Å². The fourth-order valence-electron chi connectivity index (χ4n) is 1.72. The molecule has 0 radical (unpaired) electrons. The van der Waals surface area contributed by atoms with Crippen LogP contribution in [0.5, 0.6) is 0 Å². The van der Waals surface area contributed by atoms with Crippen molar-refractivity contribution in [2.24, 2.45) is 0 Å². The zero-order valence-electron chi connectivity index (χ0n) is 11.6. The minimum atomic E-state index is 0.145. The van der Waals surface area contributed by atoms with E-state index in [4.69, 9.17) is 11.6 Å². The van der Waals surface area contributed by atoms with Gasteiger partial charge in [0.05, 0.1) is 29.4 Å². The van der Waals surface area contributed by atoms with Crippen LogP contribution in [0, 0.1) is 6.92 Å². The van der Waals surface area contributed by atoms with Gasteiger partial charge in [-0.2, -0.15) is 5.10 Å². The van der Waals surface area contributed by atoms with Crippen LogP contribution in [0.4, 0.5) is 0 Å². The molecule has 0 bridgehead atoms. The summed E-state index contributed by atoms with van der Waals surface area (Å²) in [7, 11) is 0. The molecule has 0 aliphatic rings. The Balaban J connectivity index is 2.64. The van der Waals surface area contributed by atoms with E-state index < -0.39 is 0 Å². The normalized spacial score (nSPS) is 12.7. The molecule has 0 aliphatic heterocycles. The highest BCUT2D eigenvalue weighted by molar-refractivity contribution is 6.32. The highest BCUT2D eigenvalue weighted by Crippen LogP contribution is 2.20. The first-order chi connectivity index (χ1) is 8.49. The van der Waals surface area contributed by atoms with E-state index in [1.54, 1.807) is 4.68 Å². The summed E-state index contributed by atoms with van der Waals surface area (Å²) in [5, 5.41) is 8.12. The van der Waals surface area contributed by atoms with Crippen molar-refractivity contribution in [2.45, 2.75) is 53.1 Å². The van der Waals surface area contributed by atoms with E-state index in [2.05, 4.69) is 24.3 Å². The Morgan fingerprint density at radius 2 is 2.17 bits per heavy atom. The SMILES string of the molecule is CCC(C)NCC(=O)Cc1c(Cl)c(C)nn1CC. The molecule has 5 heteroatoms. The standard InChI is InChI=1S/C13H22ClN3O/c1-5-9(3)15-8-11(18)7-12-13(14)10(4)16-17(12)6-2/h9,15H,5-8H2,1-4H3. The number of Topliss-reactive ketones (excluding diaryl/α,β-unsaturated/α-hetero) is 1. The molecular formula is C13H22ClN3O. The Morgan fingerprint density at radius 1 is 1.50 bits per heavy atom. The number of nitrogens with zero attached hydrogens (tertiary/aromatic N) is 2. The maximum absolute atomic E-state index is 11.9. The predicted octanol–water partition coefficient (Wildman–Crippen LogP) is 2.36. The molecule has 0 amide bonds. The topological polar surface area (TPSA) is 46.9 Å². The van der Waals surface area contributed by atoms with Crippen molar-refractivity contribution in [1.29, 1.82) is 0 Å². The number of hydrogen-bond donors (Lipinski definition) is 1. The largest absolute Gasteiger partial charge is 0.307 e. The summed E-state index contributed by atoms with van der Waals surface area (Å²) in [6, 6.07) is 0.363. The Bertz CT molecular complexity index is 415. The van der Waals surface area contributed by atoms with E-state index in [-0.39, 0.29) is 5.78 Å². The Morgan fingerprint density at radius 3 is 2.72 bits per heavy atom. The second-order valence-corrected chi connectivity index (χ2v) is 4.95. The van der Waals surface area contributed by atoms with Crippen LogP contribution >= 0.6 is 11.6 Å². The van der Waals surface area contributed by atoms with Crippen LogP contribution in [0.1, 0.15) is 38.6 Å². The monoisotopic (exact) mass is 271 g/mol. The molecule has 0 aliphatic carbocycles. The molecule has 1 aromatic rings. The fourth-order valence-corrected chi connectivity index (χ4v) is 1.92. The number of rotatable bonds is 7. The van der Waals surface area contributed by atoms with Gasteiger partial charge in [-0.3, -0.25) is 9.48 Å². The second-order valence-electron chi connectivity index (χ2n) is 4.57. The van der Waals surface area contributed by atoms with Crippen molar-refractivity contribution in [3.63, 3.8) is 0 Å². The molecule has 1 unspecified atom stereocenters. The molecular weight excluding hydrogens is 250 g/mol. The average molecular weight is 272 g/mol. The molecule has 1 N–H and O–H groups in total. The molecule has 1 rings (SSSR count). The summed E-state index contributed by atoms with van der Waals surface area (Å²) in [5.41, 5.74) is 1.61. The highest BCUT2D eigenvalue weighted by Gasteiger charge is 2.16. The van der Waals surface area contributed by atoms with Gasteiger partial charge in [-0.1, -0.05) is 18.5 Å². The van der Waals surface area contributed by atoms with Gasteiger partial charge in [0.2, 0.25) is 0 Å². The summed E-state index contributed by atoms with van der Waals surface area (Å²) >= 11 is 6.17. The van der Waals surface area contributed by atoms with Crippen molar-refractivity contribution in [2.75, 3.05) is 6.54 Å². The minimum Gasteiger partial charge on any atom is -0.307 e. The number of carbonyl (C=O) groups excluding carboxylic acids is 1. The molecule has 0 spiro atoms. The number of aryl methyl sites for hydroxylation is 2. The van der Waals surface area contributed by atoms with Crippen LogP contribution in [0.2, 0.25) is 5.02 Å². The van der Waals surface area contributed by atoms with Crippen molar-refractivity contribution in [3.05, 3.63) is 16.4 Å². The number of halogens is 1. The number of ketones is 1. The van der Waals surface area contributed by atoms with Crippen molar-refractivity contribution < 1.29 is 4.79 Å². The third-order valence-corrected chi connectivity index (χ3v) is 3.57. The molecule has 4 nitrogen and oxygen atoms in total. The minimum absolute atomic E-state index is 0.145. The lowest BCUT2D eigenvalue weighted by Crippen LogP contribution is -2.32. The Kier molecular flexibility index (Phi) is 5.82. The molecule has 0 fully saturated rings. The third kappa shape index (κ3) is 3.82. The second kappa shape index (κ2) is 6.90. The quantitative estimate of drug-likeness (QED) is 0.828. The first-order valence-electron chi connectivity index (χ1n) is 6.46.